The highest BCUT2D eigenvalue weighted by Gasteiger charge is 2.35. The molecule has 3 atom stereocenters. The van der Waals surface area contributed by atoms with E-state index in [1.807, 2.05) is 20.8 Å². The van der Waals surface area contributed by atoms with Gasteiger partial charge < -0.3 is 20.6 Å². The van der Waals surface area contributed by atoms with Crippen molar-refractivity contribution in [3.63, 3.8) is 0 Å². The number of nitrogens with one attached hydrogen (secondary N) is 2. The summed E-state index contributed by atoms with van der Waals surface area (Å²) in [6.07, 6.45) is 1.67. The lowest BCUT2D eigenvalue weighted by atomic mass is 9.91. The molecule has 0 aliphatic carbocycles. The van der Waals surface area contributed by atoms with Crippen LogP contribution in [0.5, 0.6) is 0 Å². The molecule has 2 saturated heterocycles. The Morgan fingerprint density at radius 3 is 2.64 bits per heavy atom. The van der Waals surface area contributed by atoms with Gasteiger partial charge in [0.1, 0.15) is 6.04 Å². The molecular formula is C16H29N3O3. The molecule has 2 rings (SSSR count). The molecule has 0 aromatic heterocycles. The maximum absolute atomic E-state index is 12.4. The van der Waals surface area contributed by atoms with Gasteiger partial charge in [-0.3, -0.25) is 9.59 Å². The topological polar surface area (TPSA) is 81.7 Å². The zero-order valence-corrected chi connectivity index (χ0v) is 13.9. The minimum Gasteiger partial charge on any atom is -0.391 e. The highest BCUT2D eigenvalue weighted by atomic mass is 16.3. The summed E-state index contributed by atoms with van der Waals surface area (Å²) in [6.45, 7) is 8.53. The summed E-state index contributed by atoms with van der Waals surface area (Å²) in [6, 6.07) is -0.346. The second kappa shape index (κ2) is 6.96. The predicted molar refractivity (Wildman–Crippen MR) is 84.2 cm³/mol. The van der Waals surface area contributed by atoms with E-state index in [1.165, 1.54) is 0 Å². The smallest absolute Gasteiger partial charge is 0.242 e. The van der Waals surface area contributed by atoms with Crippen LogP contribution in [-0.4, -0.2) is 60.1 Å². The Hall–Kier alpha value is -1.14. The second-order valence-corrected chi connectivity index (χ2v) is 7.71. The molecule has 2 heterocycles. The first-order valence-corrected chi connectivity index (χ1v) is 8.24. The average Bonchev–Trinajstić information content (AvgIpc) is 3.02. The highest BCUT2D eigenvalue weighted by Crippen LogP contribution is 2.24. The van der Waals surface area contributed by atoms with Gasteiger partial charge in [0.05, 0.1) is 6.10 Å². The molecule has 0 aromatic rings. The van der Waals surface area contributed by atoms with E-state index >= 15 is 0 Å². The van der Waals surface area contributed by atoms with E-state index in [1.54, 1.807) is 4.90 Å². The largest absolute Gasteiger partial charge is 0.391 e. The minimum atomic E-state index is -0.400. The summed E-state index contributed by atoms with van der Waals surface area (Å²) in [5, 5.41) is 15.8. The van der Waals surface area contributed by atoms with Gasteiger partial charge in [0, 0.05) is 38.5 Å². The lowest BCUT2D eigenvalue weighted by Gasteiger charge is -2.28. The van der Waals surface area contributed by atoms with Crippen molar-refractivity contribution < 1.29 is 14.7 Å². The Morgan fingerprint density at radius 2 is 2.05 bits per heavy atom. The number of carbonyl (C=O) groups excluding carboxylic acids is 2. The lowest BCUT2D eigenvalue weighted by molar-refractivity contribution is -0.139. The van der Waals surface area contributed by atoms with Crippen LogP contribution in [0.3, 0.4) is 0 Å². The summed E-state index contributed by atoms with van der Waals surface area (Å²) in [5.41, 5.74) is -0.0691. The quantitative estimate of drug-likeness (QED) is 0.688. The molecule has 0 bridgehead atoms. The van der Waals surface area contributed by atoms with E-state index in [2.05, 4.69) is 10.6 Å². The van der Waals surface area contributed by atoms with Crippen LogP contribution in [0.15, 0.2) is 0 Å². The molecule has 6 heteroatoms. The van der Waals surface area contributed by atoms with Gasteiger partial charge in [-0.2, -0.15) is 0 Å². The first-order valence-electron chi connectivity index (χ1n) is 8.24. The second-order valence-electron chi connectivity index (χ2n) is 7.71. The number of β-amino-alcohol motifs (C(OH)–C–C–N with tert-alkyl or cyclic N) is 1. The number of hydrogen-bond acceptors (Lipinski definition) is 4. The first kappa shape index (κ1) is 17.2. The SMILES string of the molecule is CC(C)(C)CC(=O)N1CCCC1C(=O)NCC1CNCC1O. The fourth-order valence-corrected chi connectivity index (χ4v) is 3.17. The molecule has 2 aliphatic heterocycles. The number of aliphatic hydroxyl groups excluding tert-OH is 1. The van der Waals surface area contributed by atoms with Crippen molar-refractivity contribution in [1.29, 1.82) is 0 Å². The number of likely N-dealkylation sites (tertiary alicyclic amines) is 1. The molecule has 2 aliphatic rings. The minimum absolute atomic E-state index is 0.0593. The van der Waals surface area contributed by atoms with Crippen molar-refractivity contribution in [2.75, 3.05) is 26.2 Å². The zero-order valence-electron chi connectivity index (χ0n) is 13.9. The van der Waals surface area contributed by atoms with Crippen LogP contribution in [0.4, 0.5) is 0 Å². The molecule has 2 amide bonds. The van der Waals surface area contributed by atoms with Gasteiger partial charge in [-0.1, -0.05) is 20.8 Å². The Labute approximate surface area is 132 Å². The summed E-state index contributed by atoms with van der Waals surface area (Å²) >= 11 is 0. The molecule has 3 unspecified atom stereocenters. The van der Waals surface area contributed by atoms with Crippen molar-refractivity contribution in [2.45, 2.75) is 52.2 Å². The Kier molecular flexibility index (Phi) is 5.45. The number of hydrogen-bond donors (Lipinski definition) is 3. The molecule has 3 N–H and O–H groups in total. The number of carbonyl (C=O) groups is 2. The van der Waals surface area contributed by atoms with Crippen molar-refractivity contribution in [3.05, 3.63) is 0 Å². The monoisotopic (exact) mass is 311 g/mol. The first-order chi connectivity index (χ1) is 10.3. The lowest BCUT2D eigenvalue weighted by Crippen LogP contribution is -2.48. The van der Waals surface area contributed by atoms with Gasteiger partial charge in [-0.25, -0.2) is 0 Å². The number of rotatable bonds is 4. The van der Waals surface area contributed by atoms with Crippen LogP contribution in [-0.2, 0) is 9.59 Å². The molecule has 0 saturated carbocycles. The van der Waals surface area contributed by atoms with Gasteiger partial charge in [-0.15, -0.1) is 0 Å². The van der Waals surface area contributed by atoms with Crippen LogP contribution in [0, 0.1) is 11.3 Å². The molecular weight excluding hydrogens is 282 g/mol. The van der Waals surface area contributed by atoms with Crippen molar-refractivity contribution in [2.24, 2.45) is 11.3 Å². The fourth-order valence-electron chi connectivity index (χ4n) is 3.17. The van der Waals surface area contributed by atoms with E-state index in [-0.39, 0.29) is 29.2 Å². The maximum atomic E-state index is 12.4. The van der Waals surface area contributed by atoms with Gasteiger partial charge in [0.2, 0.25) is 11.8 Å². The van der Waals surface area contributed by atoms with Crippen LogP contribution in [0.2, 0.25) is 0 Å². The van der Waals surface area contributed by atoms with Crippen molar-refractivity contribution in [1.82, 2.24) is 15.5 Å². The molecule has 126 valence electrons. The van der Waals surface area contributed by atoms with Gasteiger partial charge in [0.25, 0.3) is 0 Å². The van der Waals surface area contributed by atoms with Crippen LogP contribution in [0.1, 0.15) is 40.0 Å². The van der Waals surface area contributed by atoms with Crippen LogP contribution in [0.25, 0.3) is 0 Å². The van der Waals surface area contributed by atoms with Crippen molar-refractivity contribution >= 4 is 11.8 Å². The van der Waals surface area contributed by atoms with E-state index in [9.17, 15) is 14.7 Å². The summed E-state index contributed by atoms with van der Waals surface area (Å²) < 4.78 is 0. The van der Waals surface area contributed by atoms with Gasteiger partial charge >= 0.3 is 0 Å². The molecule has 0 aromatic carbocycles. The third kappa shape index (κ3) is 4.43. The third-order valence-corrected chi connectivity index (χ3v) is 4.40. The Morgan fingerprint density at radius 1 is 1.32 bits per heavy atom. The summed E-state index contributed by atoms with van der Waals surface area (Å²) in [4.78, 5) is 26.5. The fraction of sp³-hybridized carbons (Fsp3) is 0.875. The maximum Gasteiger partial charge on any atom is 0.242 e. The Balaban J connectivity index is 1.86. The predicted octanol–water partition coefficient (Wildman–Crippen LogP) is 0.110. The van der Waals surface area contributed by atoms with E-state index in [4.69, 9.17) is 0 Å². The average molecular weight is 311 g/mol. The van der Waals surface area contributed by atoms with Crippen LogP contribution >= 0.6 is 0 Å². The summed E-state index contributed by atoms with van der Waals surface area (Å²) in [5.74, 6) is 0.0376. The Bertz CT molecular complexity index is 419. The highest BCUT2D eigenvalue weighted by molar-refractivity contribution is 5.88. The van der Waals surface area contributed by atoms with Gasteiger partial charge in [0.15, 0.2) is 0 Å². The van der Waals surface area contributed by atoms with Crippen molar-refractivity contribution in [3.8, 4) is 0 Å². The molecule has 0 spiro atoms. The zero-order chi connectivity index (χ0) is 16.3. The molecule has 6 nitrogen and oxygen atoms in total. The summed E-state index contributed by atoms with van der Waals surface area (Å²) in [7, 11) is 0. The van der Waals surface area contributed by atoms with Crippen LogP contribution < -0.4 is 10.6 Å². The van der Waals surface area contributed by atoms with E-state index in [0.717, 1.165) is 19.4 Å². The molecule has 0 radical (unpaired) electrons. The number of aliphatic hydroxyl groups is 1. The van der Waals surface area contributed by atoms with E-state index < -0.39 is 6.10 Å². The normalized spacial score (nSPS) is 28.9. The van der Waals surface area contributed by atoms with Gasteiger partial charge in [-0.05, 0) is 18.3 Å². The third-order valence-electron chi connectivity index (χ3n) is 4.40. The molecule has 22 heavy (non-hydrogen) atoms. The molecule has 2 fully saturated rings. The number of amides is 2. The van der Waals surface area contributed by atoms with E-state index in [0.29, 0.717) is 26.1 Å². The standard InChI is InChI=1S/C16H29N3O3/c1-16(2,3)7-14(21)19-6-4-5-12(19)15(22)18-9-11-8-17-10-13(11)20/h11-13,17,20H,4-10H2,1-3H3,(H,18,22). The number of nitrogens with zero attached hydrogens (tertiary/aromatic N) is 1.